The van der Waals surface area contributed by atoms with Crippen molar-refractivity contribution in [2.24, 2.45) is 0 Å². The summed E-state index contributed by atoms with van der Waals surface area (Å²) in [5, 5.41) is 6.88. The molecule has 3 nitrogen and oxygen atoms in total. The molecule has 0 amide bonds. The highest BCUT2D eigenvalue weighted by molar-refractivity contribution is 5.06. The number of nitrogens with one attached hydrogen (secondary N) is 2. The Morgan fingerprint density at radius 1 is 1.36 bits per heavy atom. The molecule has 0 radical (unpaired) electrons. The largest absolute Gasteiger partial charge is 0.313 e. The second-order valence-corrected chi connectivity index (χ2v) is 4.06. The van der Waals surface area contributed by atoms with Crippen molar-refractivity contribution in [1.82, 2.24) is 15.5 Å². The fraction of sp³-hybridized carbons (Fsp3) is 1.00. The van der Waals surface area contributed by atoms with E-state index in [0.717, 1.165) is 19.8 Å². The lowest BCUT2D eigenvalue weighted by molar-refractivity contribution is 0.217. The maximum Gasteiger partial charge on any atom is 0.0571 e. The fourth-order valence-corrected chi connectivity index (χ4v) is 1.80. The van der Waals surface area contributed by atoms with Crippen molar-refractivity contribution < 1.29 is 0 Å². The summed E-state index contributed by atoms with van der Waals surface area (Å²) >= 11 is 0. The highest BCUT2D eigenvalue weighted by atomic mass is 15.4. The van der Waals surface area contributed by atoms with Gasteiger partial charge in [-0.1, -0.05) is 0 Å². The van der Waals surface area contributed by atoms with Gasteiger partial charge in [-0.2, -0.15) is 0 Å². The molecule has 0 atom stereocenters. The van der Waals surface area contributed by atoms with E-state index in [9.17, 15) is 0 Å². The van der Waals surface area contributed by atoms with Crippen LogP contribution in [0.2, 0.25) is 0 Å². The summed E-state index contributed by atoms with van der Waals surface area (Å²) < 4.78 is 0. The van der Waals surface area contributed by atoms with Crippen LogP contribution >= 0.6 is 0 Å². The van der Waals surface area contributed by atoms with Gasteiger partial charge in [0.25, 0.3) is 0 Å². The Balaban J connectivity index is 1.93. The maximum atomic E-state index is 3.56. The zero-order chi connectivity index (χ0) is 7.90. The molecule has 2 rings (SSSR count). The van der Waals surface area contributed by atoms with Gasteiger partial charge in [0.15, 0.2) is 0 Å². The lowest BCUT2D eigenvalue weighted by Gasteiger charge is -2.39. The van der Waals surface area contributed by atoms with E-state index in [0.29, 0.717) is 11.6 Å². The first kappa shape index (κ1) is 7.53. The van der Waals surface area contributed by atoms with Crippen molar-refractivity contribution in [2.45, 2.75) is 25.4 Å². The van der Waals surface area contributed by atoms with Crippen LogP contribution in [0.25, 0.3) is 0 Å². The molecule has 2 saturated heterocycles. The van der Waals surface area contributed by atoms with Crippen LogP contribution in [0.15, 0.2) is 0 Å². The molecular weight excluding hydrogens is 138 g/mol. The van der Waals surface area contributed by atoms with Crippen LogP contribution in [-0.2, 0) is 0 Å². The van der Waals surface area contributed by atoms with Gasteiger partial charge in [-0.05, 0) is 13.8 Å². The van der Waals surface area contributed by atoms with Crippen molar-refractivity contribution in [3.8, 4) is 0 Å². The van der Waals surface area contributed by atoms with Crippen LogP contribution in [0.5, 0.6) is 0 Å². The van der Waals surface area contributed by atoms with Gasteiger partial charge < -0.3 is 5.32 Å². The zero-order valence-corrected chi connectivity index (χ0v) is 7.35. The molecular formula is C8H17N3. The molecule has 0 saturated carbocycles. The average molecular weight is 155 g/mol. The Hall–Kier alpha value is -0.120. The van der Waals surface area contributed by atoms with E-state index >= 15 is 0 Å². The summed E-state index contributed by atoms with van der Waals surface area (Å²) in [5.74, 6) is 0. The Morgan fingerprint density at radius 2 is 2.09 bits per heavy atom. The van der Waals surface area contributed by atoms with E-state index in [2.05, 4.69) is 29.4 Å². The van der Waals surface area contributed by atoms with E-state index in [-0.39, 0.29) is 0 Å². The summed E-state index contributed by atoms with van der Waals surface area (Å²) in [6, 6.07) is 0.683. The normalized spacial score (nSPS) is 29.7. The molecule has 1 spiro atoms. The van der Waals surface area contributed by atoms with Crippen LogP contribution in [0.3, 0.4) is 0 Å². The number of hydrogen-bond acceptors (Lipinski definition) is 3. The van der Waals surface area contributed by atoms with E-state index in [1.165, 1.54) is 6.54 Å². The molecule has 0 aromatic carbocycles. The number of nitrogens with zero attached hydrogens (tertiary/aromatic N) is 1. The predicted octanol–water partition coefficient (Wildman–Crippen LogP) is -0.400. The third-order valence-corrected chi connectivity index (χ3v) is 2.82. The van der Waals surface area contributed by atoms with Crippen molar-refractivity contribution in [1.29, 1.82) is 0 Å². The summed E-state index contributed by atoms with van der Waals surface area (Å²) in [5.41, 5.74) is 0.435. The molecule has 64 valence electrons. The molecule has 0 aromatic heterocycles. The van der Waals surface area contributed by atoms with Gasteiger partial charge in [0, 0.05) is 32.3 Å². The van der Waals surface area contributed by atoms with Gasteiger partial charge in [-0.25, -0.2) is 0 Å². The summed E-state index contributed by atoms with van der Waals surface area (Å²) in [7, 11) is 0. The van der Waals surface area contributed by atoms with Crippen molar-refractivity contribution in [2.75, 3.05) is 26.3 Å². The fourth-order valence-electron chi connectivity index (χ4n) is 1.80. The van der Waals surface area contributed by atoms with Crippen LogP contribution in [0.4, 0.5) is 0 Å². The Kier molecular flexibility index (Phi) is 1.67. The molecule has 3 heteroatoms. The lowest BCUT2D eigenvalue weighted by atomic mass is 9.94. The summed E-state index contributed by atoms with van der Waals surface area (Å²) in [6.45, 7) is 9.10. The van der Waals surface area contributed by atoms with Crippen molar-refractivity contribution in [3.05, 3.63) is 0 Å². The van der Waals surface area contributed by atoms with Crippen LogP contribution < -0.4 is 10.6 Å². The molecule has 2 heterocycles. The molecule has 2 N–H and O–H groups in total. The third-order valence-electron chi connectivity index (χ3n) is 2.82. The Bertz CT molecular complexity index is 151. The number of hydrogen-bond donors (Lipinski definition) is 2. The molecule has 0 bridgehead atoms. The molecule has 2 fully saturated rings. The van der Waals surface area contributed by atoms with Crippen molar-refractivity contribution in [3.63, 3.8) is 0 Å². The first-order valence-electron chi connectivity index (χ1n) is 4.42. The Morgan fingerprint density at radius 3 is 2.36 bits per heavy atom. The monoisotopic (exact) mass is 155 g/mol. The molecule has 11 heavy (non-hydrogen) atoms. The highest BCUT2D eigenvalue weighted by Gasteiger charge is 2.42. The first-order valence-corrected chi connectivity index (χ1v) is 4.42. The number of rotatable bonds is 1. The highest BCUT2D eigenvalue weighted by Crippen LogP contribution is 2.19. The third kappa shape index (κ3) is 1.17. The quantitative estimate of drug-likeness (QED) is 0.539. The smallest absolute Gasteiger partial charge is 0.0571 e. The molecule has 2 aliphatic rings. The molecule has 2 aliphatic heterocycles. The standard InChI is InChI=1S/C8H17N3/c1-7(2)11-5-8(10-6-11)3-9-4-8/h7,9-10H,3-6H2,1-2H3. The average Bonchev–Trinajstić information content (AvgIpc) is 2.28. The van der Waals surface area contributed by atoms with Gasteiger partial charge in [0.05, 0.1) is 5.54 Å². The molecule has 0 aliphatic carbocycles. The first-order chi connectivity index (χ1) is 5.22. The topological polar surface area (TPSA) is 27.3 Å². The van der Waals surface area contributed by atoms with Gasteiger partial charge >= 0.3 is 0 Å². The van der Waals surface area contributed by atoms with Crippen LogP contribution in [0.1, 0.15) is 13.8 Å². The minimum absolute atomic E-state index is 0.435. The minimum atomic E-state index is 0.435. The van der Waals surface area contributed by atoms with E-state index in [1.54, 1.807) is 0 Å². The summed E-state index contributed by atoms with van der Waals surface area (Å²) in [6.07, 6.45) is 0. The second-order valence-electron chi connectivity index (χ2n) is 4.06. The predicted molar refractivity (Wildman–Crippen MR) is 45.4 cm³/mol. The van der Waals surface area contributed by atoms with Crippen LogP contribution in [-0.4, -0.2) is 42.8 Å². The SMILES string of the molecule is CC(C)N1CNC2(CNC2)C1. The van der Waals surface area contributed by atoms with Gasteiger partial charge in [-0.15, -0.1) is 0 Å². The second kappa shape index (κ2) is 2.44. The van der Waals surface area contributed by atoms with Gasteiger partial charge in [-0.3, -0.25) is 10.2 Å². The summed E-state index contributed by atoms with van der Waals surface area (Å²) in [4.78, 5) is 2.49. The van der Waals surface area contributed by atoms with E-state index < -0.39 is 0 Å². The lowest BCUT2D eigenvalue weighted by Crippen LogP contribution is -2.67. The Labute approximate surface area is 68.1 Å². The van der Waals surface area contributed by atoms with E-state index in [1.807, 2.05) is 0 Å². The zero-order valence-electron chi connectivity index (χ0n) is 7.35. The van der Waals surface area contributed by atoms with Crippen LogP contribution in [0, 0.1) is 0 Å². The molecule has 0 unspecified atom stereocenters. The van der Waals surface area contributed by atoms with E-state index in [4.69, 9.17) is 0 Å². The van der Waals surface area contributed by atoms with Crippen molar-refractivity contribution >= 4 is 0 Å². The maximum absolute atomic E-state index is 3.56. The molecule has 0 aromatic rings. The van der Waals surface area contributed by atoms with Gasteiger partial charge in [0.2, 0.25) is 0 Å². The minimum Gasteiger partial charge on any atom is -0.313 e. The van der Waals surface area contributed by atoms with Gasteiger partial charge in [0.1, 0.15) is 0 Å².